The maximum atomic E-state index is 12.5. The third-order valence-corrected chi connectivity index (χ3v) is 5.46. The number of piperazine rings is 2. The highest BCUT2D eigenvalue weighted by atomic mass is 16.5. The molecule has 8 heteroatoms. The molecule has 1 aromatic heterocycles. The Morgan fingerprint density at radius 2 is 2.07 bits per heavy atom. The van der Waals surface area contributed by atoms with E-state index < -0.39 is 0 Å². The third kappa shape index (κ3) is 3.60. The number of rotatable bonds is 5. The summed E-state index contributed by atoms with van der Waals surface area (Å²) in [4.78, 5) is 30.2. The second-order valence-corrected chi connectivity index (χ2v) is 7.38. The number of fused-ring (bicyclic) bond motifs is 1. The van der Waals surface area contributed by atoms with Crippen LogP contribution in [0.5, 0.6) is 5.75 Å². The number of amides is 2. The Hall–Kier alpha value is -2.87. The Labute approximate surface area is 164 Å². The van der Waals surface area contributed by atoms with Crippen molar-refractivity contribution >= 4 is 11.8 Å². The molecule has 3 heterocycles. The molecule has 2 aliphatic rings. The van der Waals surface area contributed by atoms with Crippen LogP contribution in [0, 0.1) is 0 Å². The Bertz CT molecular complexity index is 867. The van der Waals surface area contributed by atoms with Gasteiger partial charge in [-0.05, 0) is 23.8 Å². The summed E-state index contributed by atoms with van der Waals surface area (Å²) in [5.74, 6) is 0.898. The monoisotopic (exact) mass is 383 g/mol. The number of benzene rings is 1. The normalized spacial score (nSPS) is 20.4. The predicted molar refractivity (Wildman–Crippen MR) is 103 cm³/mol. The van der Waals surface area contributed by atoms with Gasteiger partial charge >= 0.3 is 0 Å². The number of methoxy groups -OCH3 is 1. The van der Waals surface area contributed by atoms with Gasteiger partial charge in [0, 0.05) is 51.2 Å². The minimum Gasteiger partial charge on any atom is -0.496 e. The molecule has 2 aromatic rings. The van der Waals surface area contributed by atoms with E-state index in [1.807, 2.05) is 23.0 Å². The number of hydrogen-bond acceptors (Lipinski definition) is 5. The van der Waals surface area contributed by atoms with Crippen LogP contribution < -0.4 is 4.74 Å². The van der Waals surface area contributed by atoms with Gasteiger partial charge in [-0.3, -0.25) is 19.2 Å². The van der Waals surface area contributed by atoms with E-state index in [2.05, 4.69) is 22.1 Å². The summed E-state index contributed by atoms with van der Waals surface area (Å²) < 4.78 is 7.36. The highest BCUT2D eigenvalue weighted by Gasteiger charge is 2.41. The van der Waals surface area contributed by atoms with Crippen molar-refractivity contribution in [2.45, 2.75) is 19.1 Å². The van der Waals surface area contributed by atoms with Crippen LogP contribution in [0.25, 0.3) is 0 Å². The lowest BCUT2D eigenvalue weighted by atomic mass is 10.0. The van der Waals surface area contributed by atoms with Crippen molar-refractivity contribution in [2.24, 2.45) is 0 Å². The number of carbonyl (C=O) groups excluding carboxylic acids is 2. The third-order valence-electron chi connectivity index (χ3n) is 5.46. The average molecular weight is 383 g/mol. The predicted octanol–water partition coefficient (Wildman–Crippen LogP) is 0.425. The highest BCUT2D eigenvalue weighted by molar-refractivity contribution is 5.95. The van der Waals surface area contributed by atoms with E-state index in [4.69, 9.17) is 4.74 Å². The lowest BCUT2D eigenvalue weighted by molar-refractivity contribution is -0.158. The first-order valence-electron chi connectivity index (χ1n) is 9.45. The standard InChI is InChI=1S/C20H25N5O3/c1-22-14-19(26)25-9-8-23(13-17(25)20(22)27)11-15-4-5-18(28-2)16(10-15)12-24-7-3-6-21-24/h3-7,10,17H,8-9,11-14H2,1-2H3/t17-/m0/s1. The van der Waals surface area contributed by atoms with Crippen LogP contribution in [-0.4, -0.2) is 82.7 Å². The van der Waals surface area contributed by atoms with Gasteiger partial charge in [0.05, 0.1) is 20.2 Å². The zero-order valence-electron chi connectivity index (χ0n) is 16.2. The van der Waals surface area contributed by atoms with E-state index in [0.717, 1.165) is 30.0 Å². The first-order chi connectivity index (χ1) is 13.5. The molecule has 0 N–H and O–H groups in total. The van der Waals surface area contributed by atoms with Gasteiger partial charge in [0.2, 0.25) is 11.8 Å². The van der Waals surface area contributed by atoms with Gasteiger partial charge in [-0.2, -0.15) is 5.10 Å². The van der Waals surface area contributed by atoms with Gasteiger partial charge in [0.15, 0.2) is 0 Å². The topological polar surface area (TPSA) is 70.9 Å². The zero-order chi connectivity index (χ0) is 19.7. The summed E-state index contributed by atoms with van der Waals surface area (Å²) in [6.07, 6.45) is 3.68. The Kier molecular flexibility index (Phi) is 5.04. The van der Waals surface area contributed by atoms with Crippen molar-refractivity contribution in [3.8, 4) is 5.75 Å². The van der Waals surface area contributed by atoms with Gasteiger partial charge in [0.25, 0.3) is 0 Å². The lowest BCUT2D eigenvalue weighted by Crippen LogP contribution is -2.65. The first-order valence-corrected chi connectivity index (χ1v) is 9.45. The minimum absolute atomic E-state index is 0.0263. The smallest absolute Gasteiger partial charge is 0.246 e. The van der Waals surface area contributed by atoms with Crippen LogP contribution in [0.4, 0.5) is 0 Å². The highest BCUT2D eigenvalue weighted by Crippen LogP contribution is 2.23. The molecule has 28 heavy (non-hydrogen) atoms. The molecular formula is C20H25N5O3. The molecule has 2 fully saturated rings. The van der Waals surface area contributed by atoms with Crippen molar-refractivity contribution in [3.05, 3.63) is 47.8 Å². The molecule has 0 spiro atoms. The first kappa shape index (κ1) is 18.5. The fourth-order valence-electron chi connectivity index (χ4n) is 4.00. The Balaban J connectivity index is 1.48. The number of aromatic nitrogens is 2. The van der Waals surface area contributed by atoms with Gasteiger partial charge in [-0.15, -0.1) is 0 Å². The van der Waals surface area contributed by atoms with E-state index in [-0.39, 0.29) is 24.4 Å². The molecule has 0 unspecified atom stereocenters. The number of likely N-dealkylation sites (N-methyl/N-ethyl adjacent to an activating group) is 1. The molecule has 4 rings (SSSR count). The number of nitrogens with zero attached hydrogens (tertiary/aromatic N) is 5. The number of carbonyl (C=O) groups is 2. The summed E-state index contributed by atoms with van der Waals surface area (Å²) in [6, 6.07) is 7.69. The molecule has 2 saturated heterocycles. The molecule has 0 bridgehead atoms. The Morgan fingerprint density at radius 1 is 1.21 bits per heavy atom. The van der Waals surface area contributed by atoms with E-state index >= 15 is 0 Å². The van der Waals surface area contributed by atoms with Gasteiger partial charge in [0.1, 0.15) is 11.8 Å². The van der Waals surface area contributed by atoms with E-state index in [0.29, 0.717) is 19.6 Å². The fraction of sp³-hybridized carbons (Fsp3) is 0.450. The summed E-state index contributed by atoms with van der Waals surface area (Å²) in [7, 11) is 3.37. The molecule has 8 nitrogen and oxygen atoms in total. The lowest BCUT2D eigenvalue weighted by Gasteiger charge is -2.45. The molecular weight excluding hydrogens is 358 g/mol. The second-order valence-electron chi connectivity index (χ2n) is 7.38. The maximum Gasteiger partial charge on any atom is 0.246 e. The van der Waals surface area contributed by atoms with Crippen molar-refractivity contribution in [3.63, 3.8) is 0 Å². The van der Waals surface area contributed by atoms with Crippen LogP contribution in [0.2, 0.25) is 0 Å². The summed E-state index contributed by atoms with van der Waals surface area (Å²) in [5, 5.41) is 4.27. The van der Waals surface area contributed by atoms with Crippen molar-refractivity contribution in [2.75, 3.05) is 40.3 Å². The summed E-state index contributed by atoms with van der Waals surface area (Å²) in [6.45, 7) is 3.48. The van der Waals surface area contributed by atoms with Gasteiger partial charge in [-0.25, -0.2) is 0 Å². The summed E-state index contributed by atoms with van der Waals surface area (Å²) in [5.41, 5.74) is 2.21. The van der Waals surface area contributed by atoms with Crippen molar-refractivity contribution < 1.29 is 14.3 Å². The molecule has 2 aliphatic heterocycles. The van der Waals surface area contributed by atoms with E-state index in [1.165, 1.54) is 4.90 Å². The molecule has 1 atom stereocenters. The molecule has 1 aromatic carbocycles. The average Bonchev–Trinajstić information content (AvgIpc) is 3.19. The number of ether oxygens (including phenoxy) is 1. The van der Waals surface area contributed by atoms with Crippen LogP contribution in [0.3, 0.4) is 0 Å². The molecule has 0 saturated carbocycles. The van der Waals surface area contributed by atoms with Crippen LogP contribution in [-0.2, 0) is 22.7 Å². The maximum absolute atomic E-state index is 12.5. The van der Waals surface area contributed by atoms with E-state index in [1.54, 1.807) is 25.3 Å². The van der Waals surface area contributed by atoms with Gasteiger partial charge in [-0.1, -0.05) is 6.07 Å². The largest absolute Gasteiger partial charge is 0.496 e. The quantitative estimate of drug-likeness (QED) is 0.749. The molecule has 0 aliphatic carbocycles. The Morgan fingerprint density at radius 3 is 2.82 bits per heavy atom. The molecule has 0 radical (unpaired) electrons. The minimum atomic E-state index is -0.373. The SMILES string of the molecule is COc1ccc(CN2CCN3C(=O)CN(C)C(=O)[C@@H]3C2)cc1Cn1cccn1. The second kappa shape index (κ2) is 7.63. The van der Waals surface area contributed by atoms with Crippen LogP contribution in [0.15, 0.2) is 36.7 Å². The van der Waals surface area contributed by atoms with Gasteiger partial charge < -0.3 is 14.5 Å². The van der Waals surface area contributed by atoms with Crippen molar-refractivity contribution in [1.82, 2.24) is 24.5 Å². The van der Waals surface area contributed by atoms with E-state index in [9.17, 15) is 9.59 Å². The van der Waals surface area contributed by atoms with Crippen LogP contribution in [0.1, 0.15) is 11.1 Å². The zero-order valence-corrected chi connectivity index (χ0v) is 16.2. The number of hydrogen-bond donors (Lipinski definition) is 0. The van der Waals surface area contributed by atoms with Crippen LogP contribution >= 0.6 is 0 Å². The molecule has 148 valence electrons. The molecule has 2 amide bonds. The summed E-state index contributed by atoms with van der Waals surface area (Å²) >= 11 is 0. The fourth-order valence-corrected chi connectivity index (χ4v) is 4.00. The van der Waals surface area contributed by atoms with Crippen molar-refractivity contribution in [1.29, 1.82) is 0 Å².